The van der Waals surface area contributed by atoms with Crippen molar-refractivity contribution < 1.29 is 4.21 Å². The van der Waals surface area contributed by atoms with Crippen LogP contribution in [0, 0.1) is 0 Å². The van der Waals surface area contributed by atoms with E-state index in [-0.39, 0.29) is 0 Å². The number of benzene rings is 1. The molecule has 0 aliphatic carbocycles. The highest BCUT2D eigenvalue weighted by Gasteiger charge is 2.03. The standard InChI is InChI=1S/C12H16N2OS/c1-11(9-10-13-14(2)3)16(15)12-7-5-4-6-8-12/h4-10H,1-3H3/b11-9+,13-10+. The van der Waals surface area contributed by atoms with Gasteiger partial charge in [0.1, 0.15) is 0 Å². The predicted molar refractivity (Wildman–Crippen MR) is 68.8 cm³/mol. The zero-order valence-electron chi connectivity index (χ0n) is 9.75. The van der Waals surface area contributed by atoms with Gasteiger partial charge in [-0.05, 0) is 25.1 Å². The molecule has 0 radical (unpaired) electrons. The lowest BCUT2D eigenvalue weighted by Gasteiger charge is -2.02. The summed E-state index contributed by atoms with van der Waals surface area (Å²) in [7, 11) is 2.59. The molecule has 0 spiro atoms. The van der Waals surface area contributed by atoms with Gasteiger partial charge in [0.2, 0.25) is 0 Å². The van der Waals surface area contributed by atoms with Gasteiger partial charge in [0, 0.05) is 30.1 Å². The molecule has 0 saturated heterocycles. The number of allylic oxidation sites excluding steroid dienone is 2. The third kappa shape index (κ3) is 3.98. The molecule has 0 fully saturated rings. The van der Waals surface area contributed by atoms with E-state index < -0.39 is 10.8 Å². The van der Waals surface area contributed by atoms with Crippen molar-refractivity contribution in [3.05, 3.63) is 41.3 Å². The molecule has 0 aliphatic rings. The maximum atomic E-state index is 12.0. The normalized spacial score (nSPS) is 14.1. The lowest BCUT2D eigenvalue weighted by Crippen LogP contribution is -2.01. The Hall–Kier alpha value is -1.42. The van der Waals surface area contributed by atoms with Gasteiger partial charge in [-0.15, -0.1) is 0 Å². The molecular formula is C12H16N2OS. The number of hydrogen-bond acceptors (Lipinski definition) is 3. The van der Waals surface area contributed by atoms with E-state index in [0.29, 0.717) is 0 Å². The van der Waals surface area contributed by atoms with Crippen molar-refractivity contribution in [1.82, 2.24) is 5.01 Å². The summed E-state index contributed by atoms with van der Waals surface area (Å²) in [5.74, 6) is 0. The summed E-state index contributed by atoms with van der Waals surface area (Å²) >= 11 is 0. The van der Waals surface area contributed by atoms with Crippen molar-refractivity contribution in [2.45, 2.75) is 11.8 Å². The summed E-state index contributed by atoms with van der Waals surface area (Å²) in [6.07, 6.45) is 3.42. The van der Waals surface area contributed by atoms with Crippen LogP contribution in [0.4, 0.5) is 0 Å². The molecule has 4 heteroatoms. The lowest BCUT2D eigenvalue weighted by atomic mass is 10.4. The number of rotatable bonds is 4. The largest absolute Gasteiger partial charge is 0.303 e. The van der Waals surface area contributed by atoms with E-state index in [0.717, 1.165) is 9.80 Å². The van der Waals surface area contributed by atoms with Gasteiger partial charge in [-0.2, -0.15) is 5.10 Å². The summed E-state index contributed by atoms with van der Waals surface area (Å²) in [5.41, 5.74) is 0. The van der Waals surface area contributed by atoms with Crippen LogP contribution in [0.15, 0.2) is 51.3 Å². The van der Waals surface area contributed by atoms with Gasteiger partial charge in [0.25, 0.3) is 0 Å². The van der Waals surface area contributed by atoms with E-state index in [4.69, 9.17) is 0 Å². The van der Waals surface area contributed by atoms with E-state index in [9.17, 15) is 4.21 Å². The summed E-state index contributed by atoms with van der Waals surface area (Å²) in [5, 5.41) is 5.73. The van der Waals surface area contributed by atoms with E-state index in [1.807, 2.05) is 51.4 Å². The Balaban J connectivity index is 2.75. The molecule has 1 rings (SSSR count). The minimum atomic E-state index is -1.09. The molecule has 1 aromatic rings. The SMILES string of the molecule is C/C(=C\C=N\N(C)C)S(=O)c1ccccc1. The minimum absolute atomic E-state index is 0.789. The second-order valence-electron chi connectivity index (χ2n) is 3.47. The molecular weight excluding hydrogens is 220 g/mol. The molecule has 0 amide bonds. The summed E-state index contributed by atoms with van der Waals surface area (Å²) in [6.45, 7) is 1.84. The zero-order chi connectivity index (χ0) is 12.0. The van der Waals surface area contributed by atoms with Crippen LogP contribution in [0.2, 0.25) is 0 Å². The Morgan fingerprint density at radius 1 is 1.31 bits per heavy atom. The van der Waals surface area contributed by atoms with Crippen LogP contribution in [-0.2, 0) is 10.8 Å². The van der Waals surface area contributed by atoms with E-state index in [1.54, 1.807) is 17.3 Å². The van der Waals surface area contributed by atoms with Crippen molar-refractivity contribution in [2.24, 2.45) is 5.10 Å². The predicted octanol–water partition coefficient (Wildman–Crippen LogP) is 2.25. The molecule has 0 N–H and O–H groups in total. The summed E-state index contributed by atoms with van der Waals surface area (Å²) in [6, 6.07) is 9.39. The van der Waals surface area contributed by atoms with Crippen LogP contribution in [0.5, 0.6) is 0 Å². The molecule has 0 bridgehead atoms. The van der Waals surface area contributed by atoms with Gasteiger partial charge in [-0.25, -0.2) is 4.21 Å². The molecule has 0 saturated carbocycles. The zero-order valence-corrected chi connectivity index (χ0v) is 10.6. The monoisotopic (exact) mass is 236 g/mol. The third-order valence-electron chi connectivity index (χ3n) is 1.86. The quantitative estimate of drug-likeness (QED) is 0.593. The molecule has 0 aliphatic heterocycles. The highest BCUT2D eigenvalue weighted by atomic mass is 32.2. The highest BCUT2D eigenvalue weighted by molar-refractivity contribution is 7.89. The first-order valence-corrected chi connectivity index (χ1v) is 6.11. The third-order valence-corrected chi connectivity index (χ3v) is 3.28. The van der Waals surface area contributed by atoms with Crippen LogP contribution in [0.3, 0.4) is 0 Å². The molecule has 3 nitrogen and oxygen atoms in total. The molecule has 16 heavy (non-hydrogen) atoms. The van der Waals surface area contributed by atoms with Crippen molar-refractivity contribution in [3.63, 3.8) is 0 Å². The lowest BCUT2D eigenvalue weighted by molar-refractivity contribution is 0.440. The van der Waals surface area contributed by atoms with Crippen LogP contribution in [0.1, 0.15) is 6.92 Å². The van der Waals surface area contributed by atoms with Crippen molar-refractivity contribution in [3.8, 4) is 0 Å². The molecule has 0 aromatic heterocycles. The molecule has 0 heterocycles. The van der Waals surface area contributed by atoms with E-state index >= 15 is 0 Å². The van der Waals surface area contributed by atoms with E-state index in [1.165, 1.54) is 0 Å². The fourth-order valence-corrected chi connectivity index (χ4v) is 2.02. The van der Waals surface area contributed by atoms with Crippen molar-refractivity contribution in [2.75, 3.05) is 14.1 Å². The fraction of sp³-hybridized carbons (Fsp3) is 0.250. The Labute approximate surface area is 98.9 Å². The Kier molecular flexibility index (Phi) is 4.92. The first kappa shape index (κ1) is 12.6. The number of nitrogens with zero attached hydrogens (tertiary/aromatic N) is 2. The summed E-state index contributed by atoms with van der Waals surface area (Å²) < 4.78 is 12.0. The minimum Gasteiger partial charge on any atom is -0.303 e. The van der Waals surface area contributed by atoms with Gasteiger partial charge in [-0.3, -0.25) is 0 Å². The number of hydrogen-bond donors (Lipinski definition) is 0. The Morgan fingerprint density at radius 3 is 2.50 bits per heavy atom. The Bertz CT molecular complexity index is 410. The first-order valence-electron chi connectivity index (χ1n) is 4.96. The molecule has 1 atom stereocenters. The van der Waals surface area contributed by atoms with Crippen LogP contribution < -0.4 is 0 Å². The second-order valence-corrected chi connectivity index (χ2v) is 5.12. The van der Waals surface area contributed by atoms with Crippen molar-refractivity contribution in [1.29, 1.82) is 0 Å². The molecule has 1 aromatic carbocycles. The van der Waals surface area contributed by atoms with Gasteiger partial charge in [-0.1, -0.05) is 18.2 Å². The smallest absolute Gasteiger partial charge is 0.0806 e. The van der Waals surface area contributed by atoms with Crippen LogP contribution >= 0.6 is 0 Å². The molecule has 1 unspecified atom stereocenters. The van der Waals surface area contributed by atoms with E-state index in [2.05, 4.69) is 5.10 Å². The highest BCUT2D eigenvalue weighted by Crippen LogP contribution is 2.12. The second kappa shape index (κ2) is 6.23. The Morgan fingerprint density at radius 2 is 1.94 bits per heavy atom. The topological polar surface area (TPSA) is 32.7 Å². The maximum Gasteiger partial charge on any atom is 0.0806 e. The first-order chi connectivity index (χ1) is 7.61. The van der Waals surface area contributed by atoms with Crippen molar-refractivity contribution >= 4 is 17.0 Å². The maximum absolute atomic E-state index is 12.0. The van der Waals surface area contributed by atoms with Gasteiger partial charge < -0.3 is 5.01 Å². The van der Waals surface area contributed by atoms with Crippen LogP contribution in [-0.4, -0.2) is 29.5 Å². The fourth-order valence-electron chi connectivity index (χ4n) is 1.06. The van der Waals surface area contributed by atoms with Gasteiger partial charge in [0.05, 0.1) is 10.8 Å². The molecule has 86 valence electrons. The average molecular weight is 236 g/mol. The van der Waals surface area contributed by atoms with Gasteiger partial charge >= 0.3 is 0 Å². The average Bonchev–Trinajstić information content (AvgIpc) is 2.28. The summed E-state index contributed by atoms with van der Waals surface area (Å²) in [4.78, 5) is 1.60. The van der Waals surface area contributed by atoms with Crippen LogP contribution in [0.25, 0.3) is 0 Å². The number of hydrazone groups is 1. The van der Waals surface area contributed by atoms with Gasteiger partial charge in [0.15, 0.2) is 0 Å².